The topological polar surface area (TPSA) is 34.1 Å². The second-order valence-electron chi connectivity index (χ2n) is 3.29. The van der Waals surface area contributed by atoms with E-state index in [-0.39, 0.29) is 10.9 Å². The number of thioether (sulfide) groups is 1. The van der Waals surface area contributed by atoms with Crippen LogP contribution in [-0.2, 0) is 4.79 Å². The fraction of sp³-hybridized carbons (Fsp3) is 0.333. The minimum Gasteiger partial charge on any atom is -0.294 e. The van der Waals surface area contributed by atoms with E-state index >= 15 is 0 Å². The van der Waals surface area contributed by atoms with Crippen molar-refractivity contribution in [2.24, 2.45) is 0 Å². The number of hydrogen-bond donors (Lipinski definition) is 0. The molecule has 0 atom stereocenters. The molecule has 0 saturated heterocycles. The first-order valence-electron chi connectivity index (χ1n) is 5.00. The summed E-state index contributed by atoms with van der Waals surface area (Å²) >= 11 is 2.83. The third kappa shape index (κ3) is 4.77. The second kappa shape index (κ2) is 6.66. The molecule has 0 fully saturated rings. The normalized spacial score (nSPS) is 10.9. The molecule has 2 nitrogen and oxygen atoms in total. The van der Waals surface area contributed by atoms with Crippen LogP contribution in [0.25, 0.3) is 6.08 Å². The lowest BCUT2D eigenvalue weighted by atomic mass is 10.3. The van der Waals surface area contributed by atoms with Crippen molar-refractivity contribution in [2.75, 3.05) is 5.75 Å². The van der Waals surface area contributed by atoms with Crippen molar-refractivity contribution >= 4 is 40.1 Å². The first-order chi connectivity index (χ1) is 7.59. The Morgan fingerprint density at radius 1 is 1.38 bits per heavy atom. The lowest BCUT2D eigenvalue weighted by molar-refractivity contribution is -0.109. The van der Waals surface area contributed by atoms with E-state index in [0.717, 1.165) is 21.9 Å². The summed E-state index contributed by atoms with van der Waals surface area (Å²) in [6.07, 6.45) is 4.90. The summed E-state index contributed by atoms with van der Waals surface area (Å²) in [6.45, 7) is 3.15. The molecule has 0 unspecified atom stereocenters. The maximum Gasteiger partial charge on any atom is 0.185 e. The molecule has 86 valence electrons. The molecule has 0 amide bonds. The number of rotatable bonds is 5. The van der Waals surface area contributed by atoms with Gasteiger partial charge >= 0.3 is 0 Å². The third-order valence-electron chi connectivity index (χ3n) is 1.85. The van der Waals surface area contributed by atoms with E-state index in [0.29, 0.717) is 0 Å². The Hall–Kier alpha value is -0.870. The van der Waals surface area contributed by atoms with Gasteiger partial charge in [-0.25, -0.2) is 0 Å². The van der Waals surface area contributed by atoms with Crippen LogP contribution in [0.5, 0.6) is 0 Å². The zero-order valence-corrected chi connectivity index (χ0v) is 11.0. The average Bonchev–Trinajstić information content (AvgIpc) is 2.65. The van der Waals surface area contributed by atoms with E-state index in [2.05, 4.69) is 0 Å². The first-order valence-corrected chi connectivity index (χ1v) is 6.80. The van der Waals surface area contributed by atoms with Gasteiger partial charge in [0.1, 0.15) is 0 Å². The molecule has 1 rings (SSSR count). The van der Waals surface area contributed by atoms with E-state index in [1.54, 1.807) is 13.8 Å². The lowest BCUT2D eigenvalue weighted by Gasteiger charge is -1.90. The fourth-order valence-electron chi connectivity index (χ4n) is 1.10. The molecule has 0 aliphatic carbocycles. The molecule has 1 aromatic rings. The number of Topliss-reactive ketones (excluding diaryl/α,β-unsaturated/α-hetero) is 1. The maximum atomic E-state index is 11.1. The van der Waals surface area contributed by atoms with Crippen LogP contribution in [0.1, 0.15) is 34.8 Å². The molecule has 0 aromatic carbocycles. The lowest BCUT2D eigenvalue weighted by Crippen LogP contribution is -1.83. The molecule has 0 aliphatic heterocycles. The molecular formula is C12H14O2S2. The molecule has 1 aromatic heterocycles. The number of thiophene rings is 1. The molecule has 16 heavy (non-hydrogen) atoms. The van der Waals surface area contributed by atoms with Crippen LogP contribution in [0, 0.1) is 0 Å². The molecule has 0 aliphatic rings. The van der Waals surface area contributed by atoms with E-state index in [1.807, 2.05) is 24.3 Å². The summed E-state index contributed by atoms with van der Waals surface area (Å²) in [5.74, 6) is 0.924. The molecule has 4 heteroatoms. The highest BCUT2D eigenvalue weighted by Gasteiger charge is 2.01. The van der Waals surface area contributed by atoms with Gasteiger partial charge in [-0.2, -0.15) is 0 Å². The Labute approximate surface area is 104 Å². The van der Waals surface area contributed by atoms with E-state index < -0.39 is 0 Å². The number of allylic oxidation sites excluding steroid dienone is 1. The highest BCUT2D eigenvalue weighted by molar-refractivity contribution is 8.13. The van der Waals surface area contributed by atoms with Gasteiger partial charge in [-0.3, -0.25) is 9.59 Å². The smallest absolute Gasteiger partial charge is 0.185 e. The summed E-state index contributed by atoms with van der Waals surface area (Å²) in [4.78, 5) is 23.6. The minimum absolute atomic E-state index is 0.108. The molecule has 0 radical (unpaired) electrons. The number of carbonyl (C=O) groups excluding carboxylic acids is 2. The zero-order valence-electron chi connectivity index (χ0n) is 9.36. The van der Waals surface area contributed by atoms with Crippen molar-refractivity contribution in [3.63, 3.8) is 0 Å². The van der Waals surface area contributed by atoms with Crippen molar-refractivity contribution < 1.29 is 9.59 Å². The summed E-state index contributed by atoms with van der Waals surface area (Å²) in [7, 11) is 0. The van der Waals surface area contributed by atoms with E-state index in [4.69, 9.17) is 0 Å². The van der Waals surface area contributed by atoms with Crippen LogP contribution in [0.2, 0.25) is 0 Å². The van der Waals surface area contributed by atoms with Gasteiger partial charge in [-0.15, -0.1) is 11.3 Å². The summed E-state index contributed by atoms with van der Waals surface area (Å²) in [5.41, 5.74) is 0. The average molecular weight is 254 g/mol. The summed E-state index contributed by atoms with van der Waals surface area (Å²) in [6, 6.07) is 3.78. The molecule has 0 spiro atoms. The van der Waals surface area contributed by atoms with Crippen LogP contribution in [0.3, 0.4) is 0 Å². The highest BCUT2D eigenvalue weighted by Crippen LogP contribution is 2.18. The van der Waals surface area contributed by atoms with E-state index in [1.165, 1.54) is 23.1 Å². The monoisotopic (exact) mass is 254 g/mol. The summed E-state index contributed by atoms with van der Waals surface area (Å²) in [5, 5.41) is 0.156. The predicted molar refractivity (Wildman–Crippen MR) is 71.1 cm³/mol. The number of hydrogen-bond acceptors (Lipinski definition) is 4. The predicted octanol–water partition coefficient (Wildman–Crippen LogP) is 3.63. The van der Waals surface area contributed by atoms with Crippen LogP contribution in [-0.4, -0.2) is 16.7 Å². The Morgan fingerprint density at radius 2 is 2.12 bits per heavy atom. The zero-order chi connectivity index (χ0) is 12.0. The van der Waals surface area contributed by atoms with Crippen molar-refractivity contribution in [3.05, 3.63) is 28.0 Å². The van der Waals surface area contributed by atoms with E-state index in [9.17, 15) is 9.59 Å². The van der Waals surface area contributed by atoms with Crippen molar-refractivity contribution in [2.45, 2.75) is 20.3 Å². The second-order valence-corrected chi connectivity index (χ2v) is 5.68. The van der Waals surface area contributed by atoms with Gasteiger partial charge in [-0.05, 0) is 31.6 Å². The maximum absolute atomic E-state index is 11.1. The van der Waals surface area contributed by atoms with Crippen LogP contribution < -0.4 is 0 Å². The van der Waals surface area contributed by atoms with Gasteiger partial charge < -0.3 is 0 Å². The van der Waals surface area contributed by atoms with Gasteiger partial charge in [0.25, 0.3) is 0 Å². The Bertz CT molecular complexity index is 405. The number of carbonyl (C=O) groups is 2. The third-order valence-corrected chi connectivity index (χ3v) is 3.84. The highest BCUT2D eigenvalue weighted by atomic mass is 32.2. The van der Waals surface area contributed by atoms with Gasteiger partial charge in [0.15, 0.2) is 10.9 Å². The molecule has 0 saturated carbocycles. The number of ketones is 1. The Balaban J connectivity index is 2.38. The van der Waals surface area contributed by atoms with Gasteiger partial charge in [0, 0.05) is 17.6 Å². The molecule has 0 N–H and O–H groups in total. The Morgan fingerprint density at radius 3 is 2.69 bits per heavy atom. The van der Waals surface area contributed by atoms with Gasteiger partial charge in [0.05, 0.1) is 4.88 Å². The quantitative estimate of drug-likeness (QED) is 0.594. The van der Waals surface area contributed by atoms with Crippen molar-refractivity contribution in [3.8, 4) is 0 Å². The van der Waals surface area contributed by atoms with Crippen LogP contribution >= 0.6 is 23.1 Å². The molecule has 1 heterocycles. The van der Waals surface area contributed by atoms with Gasteiger partial charge in [-0.1, -0.05) is 17.8 Å². The van der Waals surface area contributed by atoms with Crippen LogP contribution in [0.4, 0.5) is 0 Å². The van der Waals surface area contributed by atoms with Gasteiger partial charge in [0.2, 0.25) is 0 Å². The largest absolute Gasteiger partial charge is 0.294 e. The molecular weight excluding hydrogens is 240 g/mol. The minimum atomic E-state index is 0.108. The van der Waals surface area contributed by atoms with Crippen LogP contribution in [0.15, 0.2) is 18.2 Å². The first kappa shape index (κ1) is 13.2. The Kier molecular flexibility index (Phi) is 5.49. The summed E-state index contributed by atoms with van der Waals surface area (Å²) < 4.78 is 0. The molecule has 0 bridgehead atoms. The van der Waals surface area contributed by atoms with Crippen molar-refractivity contribution in [1.82, 2.24) is 0 Å². The SMILES string of the molecule is CC(=O)SCCC=Cc1ccc(C(C)=O)s1. The standard InChI is InChI=1S/C12H14O2S2/c1-9(13)12-7-6-11(16-12)5-3-4-8-15-10(2)14/h3,5-7H,4,8H2,1-2H3. The fourth-order valence-corrected chi connectivity index (χ4v) is 2.48. The van der Waals surface area contributed by atoms with Crippen molar-refractivity contribution in [1.29, 1.82) is 0 Å².